The lowest BCUT2D eigenvalue weighted by molar-refractivity contribution is 0.0823. The highest BCUT2D eigenvalue weighted by Gasteiger charge is 2.13. The van der Waals surface area contributed by atoms with Gasteiger partial charge >= 0.3 is 0 Å². The molecule has 0 aliphatic carbocycles. The van der Waals surface area contributed by atoms with E-state index in [0.29, 0.717) is 11.5 Å². The first kappa shape index (κ1) is 17.3. The fourth-order valence-corrected chi connectivity index (χ4v) is 3.15. The van der Waals surface area contributed by atoms with Crippen molar-refractivity contribution in [1.29, 1.82) is 0 Å². The molecule has 8 heteroatoms. The lowest BCUT2D eigenvalue weighted by Crippen LogP contribution is -2.43. The van der Waals surface area contributed by atoms with E-state index in [0.717, 1.165) is 48.6 Å². The number of nitrogens with zero attached hydrogens (tertiary/aromatic N) is 4. The standard InChI is InChI=1S/C19H23N7O/c1-25(2)19(27)16-9-13-11-21-18(10-15(13)23-16)24-17-4-3-14(12-22-17)26-7-5-20-6-8-26/h3-4,9-12,20,23H,5-8H2,1-2H3,(H,21,22,24). The van der Waals surface area contributed by atoms with E-state index in [1.165, 1.54) is 0 Å². The van der Waals surface area contributed by atoms with Gasteiger partial charge in [0.2, 0.25) is 0 Å². The van der Waals surface area contributed by atoms with Crippen LogP contribution in [0.25, 0.3) is 10.9 Å². The molecule has 0 atom stereocenters. The summed E-state index contributed by atoms with van der Waals surface area (Å²) in [6, 6.07) is 7.73. The Labute approximate surface area is 157 Å². The zero-order valence-electron chi connectivity index (χ0n) is 15.5. The van der Waals surface area contributed by atoms with Gasteiger partial charge in [0.05, 0.1) is 17.4 Å². The van der Waals surface area contributed by atoms with Gasteiger partial charge in [0.1, 0.15) is 17.3 Å². The van der Waals surface area contributed by atoms with E-state index in [4.69, 9.17) is 0 Å². The number of H-pyrrole nitrogens is 1. The zero-order valence-corrected chi connectivity index (χ0v) is 15.5. The van der Waals surface area contributed by atoms with E-state index < -0.39 is 0 Å². The van der Waals surface area contributed by atoms with Gasteiger partial charge in [0.15, 0.2) is 0 Å². The summed E-state index contributed by atoms with van der Waals surface area (Å²) in [5, 5.41) is 7.46. The van der Waals surface area contributed by atoms with E-state index in [9.17, 15) is 4.79 Å². The Morgan fingerprint density at radius 2 is 1.89 bits per heavy atom. The van der Waals surface area contributed by atoms with Crippen LogP contribution in [0.2, 0.25) is 0 Å². The summed E-state index contributed by atoms with van der Waals surface area (Å²) in [7, 11) is 3.46. The number of hydrogen-bond acceptors (Lipinski definition) is 6. The van der Waals surface area contributed by atoms with Crippen LogP contribution in [0, 0.1) is 0 Å². The van der Waals surface area contributed by atoms with Crippen LogP contribution < -0.4 is 15.5 Å². The Balaban J connectivity index is 1.50. The Bertz CT molecular complexity index is 942. The second-order valence-electron chi connectivity index (χ2n) is 6.80. The number of aromatic nitrogens is 3. The van der Waals surface area contributed by atoms with E-state index in [2.05, 4.69) is 36.6 Å². The molecule has 0 aromatic carbocycles. The van der Waals surface area contributed by atoms with Crippen molar-refractivity contribution in [3.63, 3.8) is 0 Å². The van der Waals surface area contributed by atoms with Crippen molar-refractivity contribution in [3.8, 4) is 0 Å². The molecule has 0 saturated carbocycles. The number of amides is 1. The van der Waals surface area contributed by atoms with Crippen LogP contribution in [0.1, 0.15) is 10.5 Å². The minimum absolute atomic E-state index is 0.0640. The van der Waals surface area contributed by atoms with Gasteiger partial charge in [-0.1, -0.05) is 0 Å². The summed E-state index contributed by atoms with van der Waals surface area (Å²) >= 11 is 0. The first-order valence-corrected chi connectivity index (χ1v) is 8.99. The van der Waals surface area contributed by atoms with Crippen molar-refractivity contribution in [2.24, 2.45) is 0 Å². The van der Waals surface area contributed by atoms with Crippen molar-refractivity contribution in [2.45, 2.75) is 0 Å². The lowest BCUT2D eigenvalue weighted by Gasteiger charge is -2.29. The highest BCUT2D eigenvalue weighted by molar-refractivity contribution is 5.98. The minimum atomic E-state index is -0.0640. The molecule has 27 heavy (non-hydrogen) atoms. The summed E-state index contributed by atoms with van der Waals surface area (Å²) in [5.41, 5.74) is 2.53. The van der Waals surface area contributed by atoms with Gasteiger partial charge in [0, 0.05) is 57.9 Å². The molecule has 1 aliphatic heterocycles. The fourth-order valence-electron chi connectivity index (χ4n) is 3.15. The van der Waals surface area contributed by atoms with E-state index in [-0.39, 0.29) is 5.91 Å². The molecule has 4 heterocycles. The summed E-state index contributed by atoms with van der Waals surface area (Å²) in [6.07, 6.45) is 3.63. The van der Waals surface area contributed by atoms with Crippen molar-refractivity contribution >= 4 is 34.1 Å². The Morgan fingerprint density at radius 1 is 1.11 bits per heavy atom. The Kier molecular flexibility index (Phi) is 4.64. The van der Waals surface area contributed by atoms with Crippen LogP contribution in [-0.4, -0.2) is 66.0 Å². The SMILES string of the molecule is CN(C)C(=O)c1cc2cnc(Nc3ccc(N4CCNCC4)cn3)cc2[nH]1. The van der Waals surface area contributed by atoms with Gasteiger partial charge in [-0.15, -0.1) is 0 Å². The Morgan fingerprint density at radius 3 is 2.59 bits per heavy atom. The molecule has 8 nitrogen and oxygen atoms in total. The highest BCUT2D eigenvalue weighted by Crippen LogP contribution is 2.22. The van der Waals surface area contributed by atoms with Crippen LogP contribution in [-0.2, 0) is 0 Å². The molecular formula is C19H23N7O. The highest BCUT2D eigenvalue weighted by atomic mass is 16.2. The third-order valence-corrected chi connectivity index (χ3v) is 4.63. The smallest absolute Gasteiger partial charge is 0.269 e. The normalized spacial score (nSPS) is 14.4. The number of hydrogen-bond donors (Lipinski definition) is 3. The van der Waals surface area contributed by atoms with Crippen molar-refractivity contribution < 1.29 is 4.79 Å². The van der Waals surface area contributed by atoms with Gasteiger partial charge in [-0.2, -0.15) is 0 Å². The number of carbonyl (C=O) groups excluding carboxylic acids is 1. The van der Waals surface area contributed by atoms with Crippen LogP contribution in [0.5, 0.6) is 0 Å². The van der Waals surface area contributed by atoms with Crippen molar-refractivity contribution in [3.05, 3.63) is 42.4 Å². The Hall–Kier alpha value is -3.13. The maximum Gasteiger partial charge on any atom is 0.269 e. The van der Waals surface area contributed by atoms with E-state index in [1.54, 1.807) is 25.2 Å². The second kappa shape index (κ2) is 7.24. The number of aromatic amines is 1. The number of carbonyl (C=O) groups is 1. The quantitative estimate of drug-likeness (QED) is 0.653. The lowest BCUT2D eigenvalue weighted by atomic mass is 10.3. The van der Waals surface area contributed by atoms with E-state index >= 15 is 0 Å². The summed E-state index contributed by atoms with van der Waals surface area (Å²) in [4.78, 5) is 28.0. The number of anilines is 3. The van der Waals surface area contributed by atoms with Crippen molar-refractivity contribution in [2.75, 3.05) is 50.5 Å². The predicted molar refractivity (Wildman–Crippen MR) is 107 cm³/mol. The average molecular weight is 365 g/mol. The third kappa shape index (κ3) is 3.70. The molecule has 0 radical (unpaired) electrons. The molecule has 3 aromatic rings. The number of nitrogens with one attached hydrogen (secondary N) is 3. The molecular weight excluding hydrogens is 342 g/mol. The molecule has 1 aliphatic rings. The van der Waals surface area contributed by atoms with Gasteiger partial charge in [-0.3, -0.25) is 4.79 Å². The first-order valence-electron chi connectivity index (χ1n) is 8.99. The predicted octanol–water partition coefficient (Wildman–Crippen LogP) is 1.81. The number of rotatable bonds is 4. The monoisotopic (exact) mass is 365 g/mol. The van der Waals surface area contributed by atoms with E-state index in [1.807, 2.05) is 24.4 Å². The first-order chi connectivity index (χ1) is 13.1. The molecule has 1 amide bonds. The zero-order chi connectivity index (χ0) is 18.8. The van der Waals surface area contributed by atoms with Crippen LogP contribution >= 0.6 is 0 Å². The fraction of sp³-hybridized carbons (Fsp3) is 0.316. The number of pyridine rings is 2. The second-order valence-corrected chi connectivity index (χ2v) is 6.80. The molecule has 4 rings (SSSR count). The van der Waals surface area contributed by atoms with Crippen molar-refractivity contribution in [1.82, 2.24) is 25.2 Å². The van der Waals surface area contributed by atoms with Gasteiger partial charge in [-0.25, -0.2) is 9.97 Å². The van der Waals surface area contributed by atoms with Crippen LogP contribution in [0.3, 0.4) is 0 Å². The van der Waals surface area contributed by atoms with Gasteiger partial charge in [-0.05, 0) is 18.2 Å². The molecule has 3 aromatic heterocycles. The summed E-state index contributed by atoms with van der Waals surface area (Å²) < 4.78 is 0. The summed E-state index contributed by atoms with van der Waals surface area (Å²) in [6.45, 7) is 3.98. The maximum absolute atomic E-state index is 12.1. The van der Waals surface area contributed by atoms with Gasteiger partial charge < -0.3 is 25.4 Å². The number of fused-ring (bicyclic) bond motifs is 1. The molecule has 140 valence electrons. The summed E-state index contributed by atoms with van der Waals surface area (Å²) in [5.74, 6) is 1.35. The molecule has 3 N–H and O–H groups in total. The topological polar surface area (TPSA) is 89.2 Å². The molecule has 0 spiro atoms. The molecule has 1 saturated heterocycles. The molecule has 0 bridgehead atoms. The molecule has 0 unspecified atom stereocenters. The number of piperazine rings is 1. The largest absolute Gasteiger partial charge is 0.368 e. The van der Waals surface area contributed by atoms with Crippen LogP contribution in [0.4, 0.5) is 17.3 Å². The average Bonchev–Trinajstić information content (AvgIpc) is 3.12. The maximum atomic E-state index is 12.1. The molecule has 1 fully saturated rings. The minimum Gasteiger partial charge on any atom is -0.368 e. The third-order valence-electron chi connectivity index (χ3n) is 4.63. The van der Waals surface area contributed by atoms with Crippen LogP contribution in [0.15, 0.2) is 36.7 Å². The van der Waals surface area contributed by atoms with Gasteiger partial charge in [0.25, 0.3) is 5.91 Å².